The molecule has 1 aliphatic heterocycles. The van der Waals surface area contributed by atoms with E-state index >= 15 is 0 Å². The van der Waals surface area contributed by atoms with Crippen LogP contribution in [0.1, 0.15) is 36.2 Å². The van der Waals surface area contributed by atoms with Crippen molar-refractivity contribution in [3.63, 3.8) is 0 Å². The van der Waals surface area contributed by atoms with Gasteiger partial charge in [-0.25, -0.2) is 4.98 Å². The molecule has 2 fully saturated rings. The molecular weight excluding hydrogens is 254 g/mol. The Morgan fingerprint density at radius 2 is 2.25 bits per heavy atom. The molecular formula is C15H21N3O2. The summed E-state index contributed by atoms with van der Waals surface area (Å²) >= 11 is 0. The number of carbonyl (C=O) groups is 1. The fourth-order valence-corrected chi connectivity index (χ4v) is 3.16. The molecule has 1 aliphatic carbocycles. The van der Waals surface area contributed by atoms with Crippen LogP contribution in [-0.2, 0) is 4.74 Å². The smallest absolute Gasteiger partial charge is 0.272 e. The zero-order valence-corrected chi connectivity index (χ0v) is 11.8. The maximum Gasteiger partial charge on any atom is 0.272 e. The summed E-state index contributed by atoms with van der Waals surface area (Å²) in [6, 6.07) is 3.91. The summed E-state index contributed by atoms with van der Waals surface area (Å²) < 4.78 is 5.81. The lowest BCUT2D eigenvalue weighted by atomic mass is 9.90. The lowest BCUT2D eigenvalue weighted by molar-refractivity contribution is -0.0754. The van der Waals surface area contributed by atoms with Crippen LogP contribution >= 0.6 is 0 Å². The molecule has 2 unspecified atom stereocenters. The first-order valence-corrected chi connectivity index (χ1v) is 7.36. The Balaban J connectivity index is 1.77. The minimum atomic E-state index is 0.0350. The zero-order chi connectivity index (χ0) is 13.9. The molecule has 1 N–H and O–H groups in total. The van der Waals surface area contributed by atoms with Crippen LogP contribution in [0.4, 0.5) is 5.69 Å². The van der Waals surface area contributed by atoms with Crippen molar-refractivity contribution < 1.29 is 9.53 Å². The number of pyridine rings is 1. The van der Waals surface area contributed by atoms with Gasteiger partial charge in [-0.15, -0.1) is 0 Å². The third kappa shape index (κ3) is 2.50. The molecule has 5 nitrogen and oxygen atoms in total. The van der Waals surface area contributed by atoms with E-state index in [1.165, 1.54) is 12.8 Å². The zero-order valence-electron chi connectivity index (χ0n) is 11.8. The van der Waals surface area contributed by atoms with Gasteiger partial charge in [0.25, 0.3) is 5.91 Å². The molecule has 1 aromatic rings. The molecule has 5 heteroatoms. The third-order valence-electron chi connectivity index (χ3n) is 4.26. The number of hydrogen-bond donors (Lipinski definition) is 1. The fraction of sp³-hybridized carbons (Fsp3) is 0.600. The van der Waals surface area contributed by atoms with Crippen molar-refractivity contribution in [1.82, 2.24) is 9.88 Å². The van der Waals surface area contributed by atoms with Gasteiger partial charge in [0, 0.05) is 13.6 Å². The van der Waals surface area contributed by atoms with E-state index in [1.807, 2.05) is 18.0 Å². The molecule has 2 atom stereocenters. The predicted octanol–water partition coefficient (Wildman–Crippen LogP) is 1.91. The van der Waals surface area contributed by atoms with Crippen LogP contribution in [-0.4, -0.2) is 48.1 Å². The summed E-state index contributed by atoms with van der Waals surface area (Å²) in [6.45, 7) is 1.32. The van der Waals surface area contributed by atoms with Crippen molar-refractivity contribution in [1.29, 1.82) is 0 Å². The van der Waals surface area contributed by atoms with Crippen LogP contribution in [0.5, 0.6) is 0 Å². The molecule has 108 valence electrons. The Morgan fingerprint density at radius 1 is 1.40 bits per heavy atom. The van der Waals surface area contributed by atoms with Gasteiger partial charge in [0.2, 0.25) is 0 Å². The number of hydrogen-bond acceptors (Lipinski definition) is 4. The van der Waals surface area contributed by atoms with Crippen molar-refractivity contribution in [2.45, 2.75) is 37.8 Å². The first-order chi connectivity index (χ1) is 9.79. The monoisotopic (exact) mass is 275 g/mol. The highest BCUT2D eigenvalue weighted by Crippen LogP contribution is 2.29. The second kappa shape index (κ2) is 5.79. The van der Waals surface area contributed by atoms with Crippen molar-refractivity contribution in [3.8, 4) is 0 Å². The van der Waals surface area contributed by atoms with E-state index in [1.54, 1.807) is 12.3 Å². The molecule has 2 aliphatic rings. The van der Waals surface area contributed by atoms with Crippen LogP contribution in [0, 0.1) is 0 Å². The van der Waals surface area contributed by atoms with E-state index in [0.717, 1.165) is 18.5 Å². The molecule has 0 radical (unpaired) electrons. The molecule has 20 heavy (non-hydrogen) atoms. The van der Waals surface area contributed by atoms with E-state index < -0.39 is 0 Å². The second-order valence-electron chi connectivity index (χ2n) is 5.44. The van der Waals surface area contributed by atoms with E-state index in [9.17, 15) is 4.79 Å². The largest absolute Gasteiger partial charge is 0.387 e. The van der Waals surface area contributed by atoms with Gasteiger partial charge in [-0.05, 0) is 25.0 Å². The number of carbonyl (C=O) groups excluding carboxylic acids is 1. The SMILES string of the molecule is CNc1ccc(C(=O)N2CCOC3CCCCC32)nc1. The second-order valence-corrected chi connectivity index (χ2v) is 5.44. The lowest BCUT2D eigenvalue weighted by Gasteiger charge is -2.43. The molecule has 1 amide bonds. The van der Waals surface area contributed by atoms with Crippen molar-refractivity contribution in [2.24, 2.45) is 0 Å². The van der Waals surface area contributed by atoms with Crippen LogP contribution in [0.3, 0.4) is 0 Å². The minimum absolute atomic E-state index is 0.0350. The molecule has 0 aromatic carbocycles. The highest BCUT2D eigenvalue weighted by atomic mass is 16.5. The standard InChI is InChI=1S/C15H21N3O2/c1-16-11-6-7-12(17-10-11)15(19)18-8-9-20-14-5-3-2-4-13(14)18/h6-7,10,13-14,16H,2-5,8-9H2,1H3. The Hall–Kier alpha value is -1.62. The average molecular weight is 275 g/mol. The number of amides is 1. The van der Waals surface area contributed by atoms with Crippen molar-refractivity contribution >= 4 is 11.6 Å². The summed E-state index contributed by atoms with van der Waals surface area (Å²) in [5.41, 5.74) is 1.44. The van der Waals surface area contributed by atoms with Crippen LogP contribution in [0.2, 0.25) is 0 Å². The number of fused-ring (bicyclic) bond motifs is 1. The summed E-state index contributed by atoms with van der Waals surface area (Å²) in [4.78, 5) is 18.9. The topological polar surface area (TPSA) is 54.5 Å². The summed E-state index contributed by atoms with van der Waals surface area (Å²) in [5, 5.41) is 3.01. The van der Waals surface area contributed by atoms with Gasteiger partial charge in [0.05, 0.1) is 30.6 Å². The van der Waals surface area contributed by atoms with Crippen molar-refractivity contribution in [2.75, 3.05) is 25.5 Å². The van der Waals surface area contributed by atoms with Gasteiger partial charge in [0.15, 0.2) is 0 Å². The quantitative estimate of drug-likeness (QED) is 0.895. The average Bonchev–Trinajstić information content (AvgIpc) is 2.54. The minimum Gasteiger partial charge on any atom is -0.387 e. The number of nitrogens with one attached hydrogen (secondary N) is 1. The van der Waals surface area contributed by atoms with Gasteiger partial charge < -0.3 is 15.0 Å². The summed E-state index contributed by atoms with van der Waals surface area (Å²) in [7, 11) is 1.84. The number of anilines is 1. The summed E-state index contributed by atoms with van der Waals surface area (Å²) in [5.74, 6) is 0.0350. The van der Waals surface area contributed by atoms with Crippen LogP contribution in [0.15, 0.2) is 18.3 Å². The van der Waals surface area contributed by atoms with Crippen LogP contribution in [0.25, 0.3) is 0 Å². The highest BCUT2D eigenvalue weighted by molar-refractivity contribution is 5.92. The maximum absolute atomic E-state index is 12.6. The Bertz CT molecular complexity index is 473. The van der Waals surface area contributed by atoms with E-state index in [0.29, 0.717) is 18.8 Å². The van der Waals surface area contributed by atoms with Crippen LogP contribution < -0.4 is 5.32 Å². The van der Waals surface area contributed by atoms with Crippen molar-refractivity contribution in [3.05, 3.63) is 24.0 Å². The molecule has 0 spiro atoms. The van der Waals surface area contributed by atoms with E-state index in [-0.39, 0.29) is 18.1 Å². The molecule has 0 bridgehead atoms. The first kappa shape index (κ1) is 13.4. The van der Waals surface area contributed by atoms with Gasteiger partial charge in [0.1, 0.15) is 5.69 Å². The van der Waals surface area contributed by atoms with E-state index in [4.69, 9.17) is 4.74 Å². The molecule has 1 saturated carbocycles. The molecule has 3 rings (SSSR count). The lowest BCUT2D eigenvalue weighted by Crippen LogP contribution is -2.54. The molecule has 2 heterocycles. The first-order valence-electron chi connectivity index (χ1n) is 7.36. The molecule has 1 saturated heterocycles. The third-order valence-corrected chi connectivity index (χ3v) is 4.26. The van der Waals surface area contributed by atoms with Gasteiger partial charge in [-0.2, -0.15) is 0 Å². The van der Waals surface area contributed by atoms with Gasteiger partial charge in [-0.3, -0.25) is 4.79 Å². The number of aromatic nitrogens is 1. The maximum atomic E-state index is 12.6. The van der Waals surface area contributed by atoms with Gasteiger partial charge in [-0.1, -0.05) is 12.8 Å². The normalized spacial score (nSPS) is 25.9. The highest BCUT2D eigenvalue weighted by Gasteiger charge is 2.37. The summed E-state index contributed by atoms with van der Waals surface area (Å²) in [6.07, 6.45) is 6.43. The van der Waals surface area contributed by atoms with E-state index in [2.05, 4.69) is 10.3 Å². The Labute approximate surface area is 119 Å². The predicted molar refractivity (Wildman–Crippen MR) is 76.8 cm³/mol. The number of nitrogens with zero attached hydrogens (tertiary/aromatic N) is 2. The fourth-order valence-electron chi connectivity index (χ4n) is 3.16. The Morgan fingerprint density at radius 3 is 3.00 bits per heavy atom. The van der Waals surface area contributed by atoms with Gasteiger partial charge >= 0.3 is 0 Å². The Kier molecular flexibility index (Phi) is 3.87. The number of rotatable bonds is 2. The molecule has 1 aromatic heterocycles. The number of morpholine rings is 1. The number of ether oxygens (including phenoxy) is 1.